The minimum absolute atomic E-state index is 0.111. The molecule has 1 amide bonds. The van der Waals surface area contributed by atoms with Crippen LogP contribution in [-0.2, 0) is 14.3 Å². The predicted octanol–water partition coefficient (Wildman–Crippen LogP) is -3.41. The second-order valence-electron chi connectivity index (χ2n) is 8.13. The van der Waals surface area contributed by atoms with Crippen molar-refractivity contribution in [1.82, 2.24) is 20.3 Å². The molecule has 1 saturated heterocycles. The fourth-order valence-electron chi connectivity index (χ4n) is 3.68. The minimum atomic E-state index is -1.90. The maximum absolute atomic E-state index is 12.7. The number of aromatic hydroxyl groups is 1. The summed E-state index contributed by atoms with van der Waals surface area (Å²) in [5.41, 5.74) is 4.00. The van der Waals surface area contributed by atoms with E-state index in [1.807, 2.05) is 4.98 Å². The molecule has 2 aromatic rings. The Morgan fingerprint density at radius 2 is 1.91 bits per heavy atom. The van der Waals surface area contributed by atoms with E-state index >= 15 is 0 Å². The fourth-order valence-corrected chi connectivity index (χ4v) is 3.68. The average Bonchev–Trinajstić information content (AvgIpc) is 3.10. The molecule has 0 aromatic carbocycles. The Labute approximate surface area is 196 Å². The van der Waals surface area contributed by atoms with E-state index in [9.17, 15) is 44.7 Å². The molecular formula is C20H25N5O10. The number of ether oxygens (including phenoxy) is 1. The molecule has 15 heteroatoms. The number of hydrogen-bond donors (Lipinski definition) is 9. The Morgan fingerprint density at radius 3 is 2.49 bits per heavy atom. The number of rotatable bonds is 8. The number of carboxylic acids is 1. The number of hydrogen-bond acceptors (Lipinski definition) is 11. The van der Waals surface area contributed by atoms with Crippen LogP contribution in [0, 0.1) is 5.92 Å². The molecule has 8 unspecified atom stereocenters. The van der Waals surface area contributed by atoms with Gasteiger partial charge in [-0.2, -0.15) is 0 Å². The Balaban J connectivity index is 1.76. The lowest BCUT2D eigenvalue weighted by Gasteiger charge is -2.28. The van der Waals surface area contributed by atoms with Gasteiger partial charge in [-0.3, -0.25) is 19.6 Å². The number of aliphatic carboxylic acids is 1. The first-order valence-corrected chi connectivity index (χ1v) is 10.4. The Kier molecular flexibility index (Phi) is 7.67. The number of nitrogens with two attached hydrogens (primary N) is 1. The van der Waals surface area contributed by atoms with Gasteiger partial charge in [0.25, 0.3) is 5.56 Å². The van der Waals surface area contributed by atoms with Crippen molar-refractivity contribution in [3.05, 3.63) is 56.6 Å². The fraction of sp³-hybridized carbons (Fsp3) is 0.450. The van der Waals surface area contributed by atoms with Gasteiger partial charge in [0.15, 0.2) is 6.04 Å². The van der Waals surface area contributed by atoms with Gasteiger partial charge in [-0.25, -0.2) is 9.59 Å². The summed E-state index contributed by atoms with van der Waals surface area (Å²) in [6.45, 7) is 1.42. The van der Waals surface area contributed by atoms with Gasteiger partial charge in [0.1, 0.15) is 36.3 Å². The van der Waals surface area contributed by atoms with E-state index < -0.39 is 71.6 Å². The number of aromatic nitrogens is 3. The summed E-state index contributed by atoms with van der Waals surface area (Å²) >= 11 is 0. The van der Waals surface area contributed by atoms with E-state index in [4.69, 9.17) is 10.5 Å². The van der Waals surface area contributed by atoms with Gasteiger partial charge in [0.05, 0.1) is 23.5 Å². The second kappa shape index (κ2) is 10.3. The lowest BCUT2D eigenvalue weighted by molar-refractivity contribution is -0.148. The number of carbonyl (C=O) groups excluding carboxylic acids is 1. The number of carbonyl (C=O) groups is 2. The number of nitrogens with one attached hydrogen (secondary N) is 3. The standard InChI is InChI=1S/C20H25N5O10/c1-6(12(27)9-3-2-7(26)4-22-9)10(21)18(31)24-11(19(32)33)16-14(29)13(28)15(35-16)8-5-23-20(34)25-17(8)30/h2-6,10-16,26-29H,21H2,1H3,(H,24,31)(H,32,33)(H2,23,25,30,34). The number of H-pyrrole nitrogens is 2. The summed E-state index contributed by atoms with van der Waals surface area (Å²) in [7, 11) is 0. The molecule has 35 heavy (non-hydrogen) atoms. The third kappa shape index (κ3) is 5.39. The highest BCUT2D eigenvalue weighted by molar-refractivity contribution is 5.87. The van der Waals surface area contributed by atoms with E-state index in [2.05, 4.69) is 15.3 Å². The van der Waals surface area contributed by atoms with Crippen LogP contribution in [0.15, 0.2) is 34.1 Å². The zero-order valence-corrected chi connectivity index (χ0v) is 18.2. The van der Waals surface area contributed by atoms with Crippen LogP contribution in [0.3, 0.4) is 0 Å². The van der Waals surface area contributed by atoms with E-state index in [0.717, 1.165) is 12.4 Å². The molecule has 1 aliphatic rings. The predicted molar refractivity (Wildman–Crippen MR) is 115 cm³/mol. The third-order valence-electron chi connectivity index (χ3n) is 5.79. The lowest BCUT2D eigenvalue weighted by Crippen LogP contribution is -2.57. The largest absolute Gasteiger partial charge is 0.506 e. The molecule has 10 N–H and O–H groups in total. The van der Waals surface area contributed by atoms with Gasteiger partial charge in [-0.15, -0.1) is 0 Å². The zero-order chi connectivity index (χ0) is 26.0. The van der Waals surface area contributed by atoms with Crippen molar-refractivity contribution in [2.24, 2.45) is 11.7 Å². The van der Waals surface area contributed by atoms with Gasteiger partial charge >= 0.3 is 11.7 Å². The van der Waals surface area contributed by atoms with Crippen molar-refractivity contribution in [2.75, 3.05) is 0 Å². The summed E-state index contributed by atoms with van der Waals surface area (Å²) < 4.78 is 5.42. The first-order chi connectivity index (χ1) is 16.4. The van der Waals surface area contributed by atoms with Gasteiger partial charge in [-0.05, 0) is 12.1 Å². The lowest BCUT2D eigenvalue weighted by atomic mass is 9.92. The monoisotopic (exact) mass is 495 g/mol. The van der Waals surface area contributed by atoms with Gasteiger partial charge in [0, 0.05) is 12.1 Å². The molecule has 2 aromatic heterocycles. The molecule has 8 atom stereocenters. The van der Waals surface area contributed by atoms with Crippen molar-refractivity contribution in [3.63, 3.8) is 0 Å². The first-order valence-electron chi connectivity index (χ1n) is 10.4. The smallest absolute Gasteiger partial charge is 0.329 e. The average molecular weight is 495 g/mol. The number of aliphatic hydroxyl groups is 3. The topological polar surface area (TPSA) is 261 Å². The minimum Gasteiger partial charge on any atom is -0.506 e. The normalized spacial score (nSPS) is 25.4. The summed E-state index contributed by atoms with van der Waals surface area (Å²) in [6, 6.07) is -0.743. The Hall–Kier alpha value is -3.63. The Bertz CT molecular complexity index is 1180. The van der Waals surface area contributed by atoms with Crippen molar-refractivity contribution >= 4 is 11.9 Å². The summed E-state index contributed by atoms with van der Waals surface area (Å²) in [5.74, 6) is -3.75. The molecule has 0 aliphatic carbocycles. The van der Waals surface area contributed by atoms with E-state index in [1.54, 1.807) is 0 Å². The second-order valence-corrected chi connectivity index (χ2v) is 8.13. The Morgan fingerprint density at radius 1 is 1.23 bits per heavy atom. The van der Waals surface area contributed by atoms with Crippen LogP contribution in [0.5, 0.6) is 5.75 Å². The number of carboxylic acid groups (broad SMARTS) is 1. The highest BCUT2D eigenvalue weighted by Gasteiger charge is 2.50. The van der Waals surface area contributed by atoms with Crippen LogP contribution >= 0.6 is 0 Å². The van der Waals surface area contributed by atoms with Gasteiger partial charge < -0.3 is 46.3 Å². The quantitative estimate of drug-likeness (QED) is 0.173. The van der Waals surface area contributed by atoms with Crippen LogP contribution in [0.4, 0.5) is 0 Å². The summed E-state index contributed by atoms with van der Waals surface area (Å²) in [6.07, 6.45) is -6.11. The number of pyridine rings is 1. The first kappa shape index (κ1) is 26.0. The molecule has 190 valence electrons. The van der Waals surface area contributed by atoms with Crippen LogP contribution < -0.4 is 22.3 Å². The number of amides is 1. The van der Waals surface area contributed by atoms with Crippen LogP contribution in [-0.4, -0.2) is 82.8 Å². The van der Waals surface area contributed by atoms with Crippen LogP contribution in [0.25, 0.3) is 0 Å². The molecular weight excluding hydrogens is 470 g/mol. The van der Waals surface area contributed by atoms with E-state index in [-0.39, 0.29) is 17.0 Å². The number of aromatic amines is 2. The van der Waals surface area contributed by atoms with Crippen molar-refractivity contribution in [1.29, 1.82) is 0 Å². The maximum atomic E-state index is 12.7. The molecule has 0 bridgehead atoms. The van der Waals surface area contributed by atoms with Gasteiger partial charge in [0.2, 0.25) is 5.91 Å². The molecule has 1 aliphatic heterocycles. The molecule has 3 rings (SSSR count). The van der Waals surface area contributed by atoms with E-state index in [0.29, 0.717) is 0 Å². The highest BCUT2D eigenvalue weighted by Crippen LogP contribution is 2.33. The van der Waals surface area contributed by atoms with E-state index in [1.165, 1.54) is 19.1 Å². The highest BCUT2D eigenvalue weighted by atomic mass is 16.5. The van der Waals surface area contributed by atoms with Crippen LogP contribution in [0.2, 0.25) is 0 Å². The third-order valence-corrected chi connectivity index (χ3v) is 5.79. The molecule has 0 radical (unpaired) electrons. The SMILES string of the molecule is CC(C(N)C(=O)NC(C(=O)O)C1OC(c2c[nH]c(=O)[nH]c2=O)C(O)C1O)C(O)c1ccc(O)cn1. The molecule has 1 fully saturated rings. The summed E-state index contributed by atoms with van der Waals surface area (Å²) in [4.78, 5) is 55.8. The van der Waals surface area contributed by atoms with Crippen LogP contribution in [0.1, 0.15) is 30.4 Å². The van der Waals surface area contributed by atoms with Gasteiger partial charge in [-0.1, -0.05) is 6.92 Å². The maximum Gasteiger partial charge on any atom is 0.329 e. The zero-order valence-electron chi connectivity index (χ0n) is 18.2. The molecule has 0 spiro atoms. The molecule has 15 nitrogen and oxygen atoms in total. The summed E-state index contributed by atoms with van der Waals surface area (Å²) in [5, 5.41) is 52.3. The number of aliphatic hydroxyl groups excluding tert-OH is 3. The molecule has 3 heterocycles. The van der Waals surface area contributed by atoms with Crippen molar-refractivity contribution in [3.8, 4) is 5.75 Å². The van der Waals surface area contributed by atoms with Crippen molar-refractivity contribution in [2.45, 2.75) is 49.5 Å². The van der Waals surface area contributed by atoms with Crippen molar-refractivity contribution < 1.29 is 39.9 Å². The molecule has 0 saturated carbocycles. The number of nitrogens with zero attached hydrogens (tertiary/aromatic N) is 1.